The van der Waals surface area contributed by atoms with E-state index >= 15 is 0 Å². The SMILES string of the molecule is COc1ccc(/C(=N/Nc2ccc([N+](=O)[O-])cc2)C2CC2)cc1. The summed E-state index contributed by atoms with van der Waals surface area (Å²) in [7, 11) is 1.64. The zero-order valence-corrected chi connectivity index (χ0v) is 12.7. The van der Waals surface area contributed by atoms with Gasteiger partial charge >= 0.3 is 0 Å². The van der Waals surface area contributed by atoms with Crippen LogP contribution in [0.15, 0.2) is 53.6 Å². The zero-order chi connectivity index (χ0) is 16.2. The third-order valence-electron chi connectivity index (χ3n) is 3.73. The number of nitrogens with one attached hydrogen (secondary N) is 1. The van der Waals surface area contributed by atoms with Crippen molar-refractivity contribution >= 4 is 17.1 Å². The quantitative estimate of drug-likeness (QED) is 0.499. The molecule has 0 atom stereocenters. The molecule has 0 spiro atoms. The van der Waals surface area contributed by atoms with Gasteiger partial charge < -0.3 is 4.74 Å². The predicted octanol–water partition coefficient (Wildman–Crippen LogP) is 3.83. The lowest BCUT2D eigenvalue weighted by molar-refractivity contribution is -0.384. The molecular formula is C17H17N3O3. The molecular weight excluding hydrogens is 294 g/mol. The minimum absolute atomic E-state index is 0.0668. The third kappa shape index (κ3) is 3.66. The minimum Gasteiger partial charge on any atom is -0.497 e. The number of nitro benzene ring substituents is 1. The first kappa shape index (κ1) is 15.0. The molecule has 1 aliphatic carbocycles. The van der Waals surface area contributed by atoms with Crippen molar-refractivity contribution in [3.8, 4) is 5.75 Å². The van der Waals surface area contributed by atoms with Crippen LogP contribution >= 0.6 is 0 Å². The molecule has 3 rings (SSSR count). The molecule has 1 saturated carbocycles. The van der Waals surface area contributed by atoms with E-state index in [0.717, 1.165) is 35.6 Å². The first-order chi connectivity index (χ1) is 11.2. The topological polar surface area (TPSA) is 76.8 Å². The molecule has 1 aliphatic rings. The first-order valence-electron chi connectivity index (χ1n) is 7.40. The molecule has 23 heavy (non-hydrogen) atoms. The van der Waals surface area contributed by atoms with Gasteiger partial charge in [0.25, 0.3) is 5.69 Å². The number of anilines is 1. The maximum atomic E-state index is 10.7. The second kappa shape index (κ2) is 6.48. The van der Waals surface area contributed by atoms with E-state index in [1.807, 2.05) is 24.3 Å². The molecule has 0 aromatic heterocycles. The molecule has 0 bridgehead atoms. The van der Waals surface area contributed by atoms with Gasteiger partial charge in [0.05, 0.1) is 23.4 Å². The summed E-state index contributed by atoms with van der Waals surface area (Å²) < 4.78 is 5.17. The fourth-order valence-electron chi connectivity index (χ4n) is 2.29. The first-order valence-corrected chi connectivity index (χ1v) is 7.40. The molecule has 0 radical (unpaired) electrons. The Hall–Kier alpha value is -2.89. The molecule has 6 heteroatoms. The number of hydrogen-bond donors (Lipinski definition) is 1. The monoisotopic (exact) mass is 311 g/mol. The molecule has 0 saturated heterocycles. The number of benzene rings is 2. The Balaban J connectivity index is 1.77. The van der Waals surface area contributed by atoms with Crippen molar-refractivity contribution in [2.45, 2.75) is 12.8 Å². The highest BCUT2D eigenvalue weighted by Crippen LogP contribution is 2.34. The van der Waals surface area contributed by atoms with E-state index in [-0.39, 0.29) is 5.69 Å². The number of ether oxygens (including phenoxy) is 1. The van der Waals surface area contributed by atoms with Crippen molar-refractivity contribution in [2.24, 2.45) is 11.0 Å². The van der Waals surface area contributed by atoms with Crippen LogP contribution in [0, 0.1) is 16.0 Å². The number of hydrazone groups is 1. The van der Waals surface area contributed by atoms with Gasteiger partial charge in [0, 0.05) is 18.1 Å². The molecule has 6 nitrogen and oxygen atoms in total. The second-order valence-electron chi connectivity index (χ2n) is 5.42. The highest BCUT2D eigenvalue weighted by atomic mass is 16.6. The second-order valence-corrected chi connectivity index (χ2v) is 5.42. The zero-order valence-electron chi connectivity index (χ0n) is 12.7. The lowest BCUT2D eigenvalue weighted by Crippen LogP contribution is -2.07. The van der Waals surface area contributed by atoms with Crippen LogP contribution in [0.1, 0.15) is 18.4 Å². The van der Waals surface area contributed by atoms with E-state index in [2.05, 4.69) is 10.5 Å². The summed E-state index contributed by atoms with van der Waals surface area (Å²) in [6, 6.07) is 14.0. The van der Waals surface area contributed by atoms with Gasteiger partial charge in [-0.25, -0.2) is 0 Å². The van der Waals surface area contributed by atoms with Crippen LogP contribution in [0.5, 0.6) is 5.75 Å². The van der Waals surface area contributed by atoms with Crippen molar-refractivity contribution < 1.29 is 9.66 Å². The summed E-state index contributed by atoms with van der Waals surface area (Å²) in [6.45, 7) is 0. The van der Waals surface area contributed by atoms with E-state index < -0.39 is 4.92 Å². The Morgan fingerprint density at radius 2 is 1.83 bits per heavy atom. The molecule has 0 heterocycles. The van der Waals surface area contributed by atoms with Gasteiger partial charge in [-0.05, 0) is 54.8 Å². The molecule has 0 amide bonds. The van der Waals surface area contributed by atoms with E-state index in [9.17, 15) is 10.1 Å². The Labute approximate surface area is 133 Å². The maximum Gasteiger partial charge on any atom is 0.269 e. The van der Waals surface area contributed by atoms with Crippen LogP contribution in [-0.2, 0) is 0 Å². The number of rotatable bonds is 6. The standard InChI is InChI=1S/C17H17N3O3/c1-23-16-10-4-13(5-11-16)17(12-2-3-12)19-18-14-6-8-15(9-7-14)20(21)22/h4-12,18H,2-3H2,1H3/b19-17+. The molecule has 2 aromatic carbocycles. The number of nitro groups is 1. The molecule has 1 N–H and O–H groups in total. The van der Waals surface area contributed by atoms with E-state index in [0.29, 0.717) is 5.92 Å². The van der Waals surface area contributed by atoms with Crippen molar-refractivity contribution in [3.63, 3.8) is 0 Å². The van der Waals surface area contributed by atoms with Gasteiger partial charge in [-0.15, -0.1) is 0 Å². The van der Waals surface area contributed by atoms with Crippen LogP contribution in [0.2, 0.25) is 0 Å². The van der Waals surface area contributed by atoms with Crippen LogP contribution < -0.4 is 10.2 Å². The van der Waals surface area contributed by atoms with E-state index in [1.54, 1.807) is 19.2 Å². The van der Waals surface area contributed by atoms with Gasteiger partial charge in [-0.3, -0.25) is 15.5 Å². The van der Waals surface area contributed by atoms with E-state index in [4.69, 9.17) is 4.74 Å². The summed E-state index contributed by atoms with van der Waals surface area (Å²) in [4.78, 5) is 10.2. The number of nitrogens with zero attached hydrogens (tertiary/aromatic N) is 2. The van der Waals surface area contributed by atoms with Crippen molar-refractivity contribution in [1.29, 1.82) is 0 Å². The number of hydrogen-bond acceptors (Lipinski definition) is 5. The largest absolute Gasteiger partial charge is 0.497 e. The minimum atomic E-state index is -0.417. The highest BCUT2D eigenvalue weighted by molar-refractivity contribution is 6.04. The summed E-state index contributed by atoms with van der Waals surface area (Å²) >= 11 is 0. The molecule has 0 unspecified atom stereocenters. The summed E-state index contributed by atoms with van der Waals surface area (Å²) in [6.07, 6.45) is 2.26. The third-order valence-corrected chi connectivity index (χ3v) is 3.73. The normalized spacial score (nSPS) is 14.4. The van der Waals surface area contributed by atoms with Gasteiger partial charge in [0.2, 0.25) is 0 Å². The fourth-order valence-corrected chi connectivity index (χ4v) is 2.29. The predicted molar refractivity (Wildman–Crippen MR) is 89.0 cm³/mol. The summed E-state index contributed by atoms with van der Waals surface area (Å²) in [5.41, 5.74) is 5.85. The average Bonchev–Trinajstić information content (AvgIpc) is 3.41. The molecule has 1 fully saturated rings. The van der Waals surface area contributed by atoms with Crippen LogP contribution in [-0.4, -0.2) is 17.7 Å². The Kier molecular flexibility index (Phi) is 4.23. The highest BCUT2D eigenvalue weighted by Gasteiger charge is 2.28. The van der Waals surface area contributed by atoms with Gasteiger partial charge in [0.15, 0.2) is 0 Å². The molecule has 0 aliphatic heterocycles. The van der Waals surface area contributed by atoms with E-state index in [1.165, 1.54) is 12.1 Å². The lowest BCUT2D eigenvalue weighted by atomic mass is 10.1. The van der Waals surface area contributed by atoms with Crippen molar-refractivity contribution in [2.75, 3.05) is 12.5 Å². The van der Waals surface area contributed by atoms with Crippen LogP contribution in [0.4, 0.5) is 11.4 Å². The number of methoxy groups -OCH3 is 1. The van der Waals surface area contributed by atoms with Crippen LogP contribution in [0.3, 0.4) is 0 Å². The Morgan fingerprint density at radius 3 is 2.35 bits per heavy atom. The lowest BCUT2D eigenvalue weighted by Gasteiger charge is -2.08. The maximum absolute atomic E-state index is 10.7. The fraction of sp³-hybridized carbons (Fsp3) is 0.235. The van der Waals surface area contributed by atoms with Crippen molar-refractivity contribution in [1.82, 2.24) is 0 Å². The molecule has 118 valence electrons. The van der Waals surface area contributed by atoms with Gasteiger partial charge in [-0.2, -0.15) is 5.10 Å². The van der Waals surface area contributed by atoms with Crippen molar-refractivity contribution in [3.05, 3.63) is 64.2 Å². The Morgan fingerprint density at radius 1 is 1.17 bits per heavy atom. The van der Waals surface area contributed by atoms with Gasteiger partial charge in [0.1, 0.15) is 5.75 Å². The smallest absolute Gasteiger partial charge is 0.269 e. The van der Waals surface area contributed by atoms with Crippen LogP contribution in [0.25, 0.3) is 0 Å². The number of non-ortho nitro benzene ring substituents is 1. The average molecular weight is 311 g/mol. The summed E-state index contributed by atoms with van der Waals surface area (Å²) in [5.74, 6) is 1.28. The Bertz CT molecular complexity index is 720. The summed E-state index contributed by atoms with van der Waals surface area (Å²) in [5, 5.41) is 15.2. The van der Waals surface area contributed by atoms with Gasteiger partial charge in [-0.1, -0.05) is 0 Å². The molecule has 2 aromatic rings.